The van der Waals surface area contributed by atoms with Gasteiger partial charge in [-0.2, -0.15) is 0 Å². The van der Waals surface area contributed by atoms with Gasteiger partial charge in [0.15, 0.2) is 0 Å². The Morgan fingerprint density at radius 1 is 1.25 bits per heavy atom. The Kier molecular flexibility index (Phi) is 7.24. The van der Waals surface area contributed by atoms with Crippen LogP contribution in [-0.2, 0) is 19.6 Å². The SMILES string of the molecule is CS(=O)(=O)Nc1ccc2c(c1)[C@H]1C[C@H](CC(=O)NCCN3CCCCC3)O[C@H](CO)[C@H]1O2. The molecule has 1 aromatic carbocycles. The molecule has 1 amide bonds. The van der Waals surface area contributed by atoms with Crippen LogP contribution in [0.25, 0.3) is 0 Å². The lowest BCUT2D eigenvalue weighted by molar-refractivity contribution is -0.142. The molecule has 3 aliphatic heterocycles. The second-order valence-electron chi connectivity index (χ2n) is 8.99. The van der Waals surface area contributed by atoms with Crippen molar-refractivity contribution in [2.45, 2.75) is 56.3 Å². The number of benzene rings is 1. The molecule has 3 heterocycles. The summed E-state index contributed by atoms with van der Waals surface area (Å²) in [4.78, 5) is 14.9. The number of fused-ring (bicyclic) bond motifs is 3. The summed E-state index contributed by atoms with van der Waals surface area (Å²) in [6, 6.07) is 5.16. The van der Waals surface area contributed by atoms with E-state index in [1.54, 1.807) is 18.2 Å². The number of carbonyl (C=O) groups excluding carboxylic acids is 1. The minimum atomic E-state index is -3.40. The maximum atomic E-state index is 12.5. The fourth-order valence-corrected chi connectivity index (χ4v) is 5.54. The Labute approximate surface area is 189 Å². The minimum absolute atomic E-state index is 0.0613. The van der Waals surface area contributed by atoms with Crippen LogP contribution in [0.1, 0.15) is 43.6 Å². The molecule has 0 aromatic heterocycles. The van der Waals surface area contributed by atoms with E-state index in [1.165, 1.54) is 19.3 Å². The van der Waals surface area contributed by atoms with Gasteiger partial charge in [-0.3, -0.25) is 9.52 Å². The monoisotopic (exact) mass is 467 g/mol. The summed E-state index contributed by atoms with van der Waals surface area (Å²) in [5.74, 6) is 0.518. The number of nitrogens with one attached hydrogen (secondary N) is 2. The number of carbonyl (C=O) groups is 1. The first-order valence-corrected chi connectivity index (χ1v) is 13.3. The Morgan fingerprint density at radius 2 is 2.03 bits per heavy atom. The van der Waals surface area contributed by atoms with E-state index in [4.69, 9.17) is 9.47 Å². The van der Waals surface area contributed by atoms with Crippen molar-refractivity contribution in [1.82, 2.24) is 10.2 Å². The van der Waals surface area contributed by atoms with Crippen LogP contribution in [0.4, 0.5) is 5.69 Å². The van der Waals surface area contributed by atoms with E-state index >= 15 is 0 Å². The van der Waals surface area contributed by atoms with Crippen molar-refractivity contribution in [2.75, 3.05) is 43.8 Å². The van der Waals surface area contributed by atoms with Crippen LogP contribution in [-0.4, -0.2) is 81.7 Å². The highest BCUT2D eigenvalue weighted by molar-refractivity contribution is 7.92. The van der Waals surface area contributed by atoms with Gasteiger partial charge in [0, 0.05) is 30.3 Å². The molecule has 0 spiro atoms. The average Bonchev–Trinajstić information content (AvgIpc) is 3.11. The number of sulfonamides is 1. The van der Waals surface area contributed by atoms with Crippen molar-refractivity contribution >= 4 is 21.6 Å². The van der Waals surface area contributed by atoms with Crippen LogP contribution in [0, 0.1) is 0 Å². The summed E-state index contributed by atoms with van der Waals surface area (Å²) >= 11 is 0. The van der Waals surface area contributed by atoms with E-state index in [0.717, 1.165) is 31.5 Å². The highest BCUT2D eigenvalue weighted by Crippen LogP contribution is 2.47. The fraction of sp³-hybridized carbons (Fsp3) is 0.682. The molecule has 0 radical (unpaired) electrons. The van der Waals surface area contributed by atoms with Crippen LogP contribution in [0.5, 0.6) is 5.75 Å². The molecule has 0 unspecified atom stereocenters. The molecule has 0 saturated carbocycles. The number of amides is 1. The molecule has 3 aliphatic rings. The summed E-state index contributed by atoms with van der Waals surface area (Å²) in [6.07, 6.45) is 4.38. The predicted octanol–water partition coefficient (Wildman–Crippen LogP) is 1.04. The van der Waals surface area contributed by atoms with Crippen molar-refractivity contribution in [2.24, 2.45) is 0 Å². The molecule has 10 heteroatoms. The number of hydrogen-bond acceptors (Lipinski definition) is 7. The van der Waals surface area contributed by atoms with E-state index in [9.17, 15) is 18.3 Å². The number of nitrogens with zero attached hydrogens (tertiary/aromatic N) is 1. The molecular formula is C22H33N3O6S. The molecule has 1 aromatic rings. The molecule has 3 N–H and O–H groups in total. The maximum absolute atomic E-state index is 12.5. The summed E-state index contributed by atoms with van der Waals surface area (Å²) in [7, 11) is -3.40. The number of ether oxygens (including phenoxy) is 2. The molecule has 2 fully saturated rings. The zero-order valence-corrected chi connectivity index (χ0v) is 19.3. The lowest BCUT2D eigenvalue weighted by Gasteiger charge is -2.37. The van der Waals surface area contributed by atoms with Crippen molar-refractivity contribution in [3.63, 3.8) is 0 Å². The highest BCUT2D eigenvalue weighted by Gasteiger charge is 2.46. The number of aliphatic hydroxyl groups excluding tert-OH is 1. The molecular weight excluding hydrogens is 434 g/mol. The number of aliphatic hydroxyl groups is 1. The molecule has 2 saturated heterocycles. The van der Waals surface area contributed by atoms with Crippen LogP contribution >= 0.6 is 0 Å². The summed E-state index contributed by atoms with van der Waals surface area (Å²) in [6.45, 7) is 3.46. The first kappa shape index (κ1) is 23.3. The van der Waals surface area contributed by atoms with Crippen molar-refractivity contribution in [3.8, 4) is 5.75 Å². The summed E-state index contributed by atoms with van der Waals surface area (Å²) < 4.78 is 37.7. The molecule has 0 aliphatic carbocycles. The van der Waals surface area contributed by atoms with Gasteiger partial charge in [-0.25, -0.2) is 8.42 Å². The molecule has 0 bridgehead atoms. The van der Waals surface area contributed by atoms with Gasteiger partial charge in [0.05, 0.1) is 25.4 Å². The smallest absolute Gasteiger partial charge is 0.229 e. The van der Waals surface area contributed by atoms with Crippen molar-refractivity contribution in [3.05, 3.63) is 23.8 Å². The lowest BCUT2D eigenvalue weighted by atomic mass is 9.84. The number of anilines is 1. The van der Waals surface area contributed by atoms with Gasteiger partial charge in [0.2, 0.25) is 15.9 Å². The number of hydrogen-bond donors (Lipinski definition) is 3. The highest BCUT2D eigenvalue weighted by atomic mass is 32.2. The third-order valence-electron chi connectivity index (χ3n) is 6.41. The molecule has 4 rings (SSSR count). The third kappa shape index (κ3) is 5.72. The van der Waals surface area contributed by atoms with Gasteiger partial charge >= 0.3 is 0 Å². The predicted molar refractivity (Wildman–Crippen MR) is 120 cm³/mol. The standard InChI is InChI=1S/C22H33N3O6S/c1-32(28,29)24-15-5-6-19-17(11-15)18-12-16(30-20(14-26)22(18)31-19)13-21(27)23-7-10-25-8-3-2-4-9-25/h5-6,11,16,18,20,22,24,26H,2-4,7-10,12-14H2,1H3,(H,23,27)/t16-,18-,20-,22+/m1/s1. The van der Waals surface area contributed by atoms with Gasteiger partial charge in [0.25, 0.3) is 0 Å². The Morgan fingerprint density at radius 3 is 2.75 bits per heavy atom. The molecule has 32 heavy (non-hydrogen) atoms. The Bertz CT molecular complexity index is 918. The third-order valence-corrected chi connectivity index (χ3v) is 7.02. The fourth-order valence-electron chi connectivity index (χ4n) is 4.98. The van der Waals surface area contributed by atoms with Crippen molar-refractivity contribution < 1.29 is 27.8 Å². The van der Waals surface area contributed by atoms with E-state index in [-0.39, 0.29) is 37.1 Å². The zero-order chi connectivity index (χ0) is 22.7. The van der Waals surface area contributed by atoms with Gasteiger partial charge in [-0.15, -0.1) is 0 Å². The van der Waals surface area contributed by atoms with E-state index in [1.807, 2.05) is 0 Å². The van der Waals surface area contributed by atoms with Crippen molar-refractivity contribution in [1.29, 1.82) is 0 Å². The van der Waals surface area contributed by atoms with Gasteiger partial charge < -0.3 is 24.8 Å². The first-order chi connectivity index (χ1) is 15.3. The van der Waals surface area contributed by atoms with Gasteiger partial charge in [0.1, 0.15) is 18.0 Å². The largest absolute Gasteiger partial charge is 0.487 e. The van der Waals surface area contributed by atoms with Gasteiger partial charge in [-0.05, 0) is 50.6 Å². The van der Waals surface area contributed by atoms with Crippen LogP contribution in [0.3, 0.4) is 0 Å². The number of likely N-dealkylation sites (tertiary alicyclic amines) is 1. The Balaban J connectivity index is 1.37. The second kappa shape index (κ2) is 9.94. The average molecular weight is 468 g/mol. The second-order valence-corrected chi connectivity index (χ2v) is 10.7. The quantitative estimate of drug-likeness (QED) is 0.523. The van der Waals surface area contributed by atoms with E-state index in [2.05, 4.69) is 14.9 Å². The molecule has 4 atom stereocenters. The van der Waals surface area contributed by atoms with Crippen LogP contribution in [0.15, 0.2) is 18.2 Å². The van der Waals surface area contributed by atoms with E-state index < -0.39 is 16.1 Å². The summed E-state index contributed by atoms with van der Waals surface area (Å²) in [5, 5.41) is 12.9. The number of piperidine rings is 1. The lowest BCUT2D eigenvalue weighted by Crippen LogP contribution is -2.47. The molecule has 9 nitrogen and oxygen atoms in total. The number of rotatable bonds is 8. The molecule has 178 valence electrons. The zero-order valence-electron chi connectivity index (χ0n) is 18.5. The Hall–Kier alpha value is -1.88. The minimum Gasteiger partial charge on any atom is -0.487 e. The summed E-state index contributed by atoms with van der Waals surface area (Å²) in [5.41, 5.74) is 1.34. The van der Waals surface area contributed by atoms with Crippen LogP contribution < -0.4 is 14.8 Å². The van der Waals surface area contributed by atoms with E-state index in [0.29, 0.717) is 24.4 Å². The normalized spacial score (nSPS) is 27.8. The maximum Gasteiger partial charge on any atom is 0.229 e. The topological polar surface area (TPSA) is 117 Å². The van der Waals surface area contributed by atoms with Crippen LogP contribution in [0.2, 0.25) is 0 Å². The van der Waals surface area contributed by atoms with Gasteiger partial charge in [-0.1, -0.05) is 6.42 Å². The first-order valence-electron chi connectivity index (χ1n) is 11.4.